The third kappa shape index (κ3) is 5.40. The molecule has 0 amide bonds. The highest BCUT2D eigenvalue weighted by molar-refractivity contribution is 7.26. The van der Waals surface area contributed by atoms with Crippen molar-refractivity contribution in [1.82, 2.24) is 0 Å². The van der Waals surface area contributed by atoms with Crippen molar-refractivity contribution in [3.8, 4) is 44.5 Å². The minimum atomic E-state index is -0.126. The average molecular weight is 786 g/mol. The third-order valence-corrected chi connectivity index (χ3v) is 13.8. The zero-order chi connectivity index (χ0) is 40.0. The molecule has 12 rings (SSSR count). The first kappa shape index (κ1) is 34.8. The molecule has 1 aliphatic rings. The number of hydrogen-bond donors (Lipinski definition) is 0. The van der Waals surface area contributed by atoms with Crippen LogP contribution in [-0.2, 0) is 5.41 Å². The van der Waals surface area contributed by atoms with Gasteiger partial charge in [-0.15, -0.1) is 11.3 Å². The quantitative estimate of drug-likeness (QED) is 0.167. The lowest BCUT2D eigenvalue weighted by atomic mass is 9.82. The molecule has 0 fully saturated rings. The normalized spacial score (nSPS) is 13.0. The van der Waals surface area contributed by atoms with Crippen LogP contribution in [0.15, 0.2) is 205 Å². The van der Waals surface area contributed by atoms with Gasteiger partial charge in [-0.2, -0.15) is 0 Å². The largest absolute Gasteiger partial charge is 0.456 e. The highest BCUT2D eigenvalue weighted by Gasteiger charge is 2.35. The van der Waals surface area contributed by atoms with Gasteiger partial charge in [-0.1, -0.05) is 147 Å². The van der Waals surface area contributed by atoms with E-state index in [4.69, 9.17) is 4.42 Å². The molecule has 284 valence electrons. The van der Waals surface area contributed by atoms with E-state index >= 15 is 0 Å². The zero-order valence-electron chi connectivity index (χ0n) is 33.3. The summed E-state index contributed by atoms with van der Waals surface area (Å²) in [6.07, 6.45) is 0. The van der Waals surface area contributed by atoms with Crippen molar-refractivity contribution in [3.05, 3.63) is 211 Å². The van der Waals surface area contributed by atoms with Crippen molar-refractivity contribution in [2.24, 2.45) is 0 Å². The van der Waals surface area contributed by atoms with Gasteiger partial charge in [-0.25, -0.2) is 0 Å². The first-order valence-electron chi connectivity index (χ1n) is 20.7. The Kier molecular flexibility index (Phi) is 7.79. The molecular formula is C57H39NOS. The summed E-state index contributed by atoms with van der Waals surface area (Å²) < 4.78 is 9.07. The van der Waals surface area contributed by atoms with E-state index < -0.39 is 0 Å². The predicted molar refractivity (Wildman–Crippen MR) is 255 cm³/mol. The van der Waals surface area contributed by atoms with Gasteiger partial charge >= 0.3 is 0 Å². The number of nitrogens with zero attached hydrogens (tertiary/aromatic N) is 1. The highest BCUT2D eigenvalue weighted by Crippen LogP contribution is 2.51. The monoisotopic (exact) mass is 785 g/mol. The van der Waals surface area contributed by atoms with Crippen LogP contribution >= 0.6 is 11.3 Å². The van der Waals surface area contributed by atoms with E-state index in [-0.39, 0.29) is 5.41 Å². The van der Waals surface area contributed by atoms with Gasteiger partial charge in [-0.05, 0) is 116 Å². The molecule has 2 aromatic heterocycles. The van der Waals surface area contributed by atoms with Crippen LogP contribution in [0.3, 0.4) is 0 Å². The molecule has 60 heavy (non-hydrogen) atoms. The minimum absolute atomic E-state index is 0.126. The molecule has 0 bridgehead atoms. The van der Waals surface area contributed by atoms with E-state index in [0.717, 1.165) is 39.0 Å². The number of hydrogen-bond acceptors (Lipinski definition) is 3. The summed E-state index contributed by atoms with van der Waals surface area (Å²) in [4.78, 5) is 2.38. The summed E-state index contributed by atoms with van der Waals surface area (Å²) in [6.45, 7) is 4.70. The topological polar surface area (TPSA) is 16.4 Å². The van der Waals surface area contributed by atoms with Crippen molar-refractivity contribution in [2.75, 3.05) is 4.90 Å². The van der Waals surface area contributed by atoms with Crippen LogP contribution in [0, 0.1) is 0 Å². The molecule has 0 radical (unpaired) electrons. The predicted octanol–water partition coefficient (Wildman–Crippen LogP) is 16.7. The average Bonchev–Trinajstić information content (AvgIpc) is 3.94. The molecule has 0 saturated carbocycles. The Labute approximate surface area is 353 Å². The molecule has 2 heterocycles. The van der Waals surface area contributed by atoms with Crippen LogP contribution < -0.4 is 4.90 Å². The molecule has 0 unspecified atom stereocenters. The fraction of sp³-hybridized carbons (Fsp3) is 0.0526. The molecule has 2 nitrogen and oxygen atoms in total. The van der Waals surface area contributed by atoms with Crippen LogP contribution in [0.5, 0.6) is 0 Å². The maximum absolute atomic E-state index is 6.47. The Morgan fingerprint density at radius 3 is 1.93 bits per heavy atom. The number of benzene rings is 9. The van der Waals surface area contributed by atoms with E-state index in [1.807, 2.05) is 23.5 Å². The number of fused-ring (bicyclic) bond motifs is 9. The second-order valence-electron chi connectivity index (χ2n) is 16.5. The smallest absolute Gasteiger partial charge is 0.137 e. The van der Waals surface area contributed by atoms with Crippen LogP contribution in [0.4, 0.5) is 17.1 Å². The Morgan fingerprint density at radius 2 is 1.05 bits per heavy atom. The van der Waals surface area contributed by atoms with Gasteiger partial charge in [0, 0.05) is 59.5 Å². The lowest BCUT2D eigenvalue weighted by Crippen LogP contribution is -2.16. The molecule has 11 aromatic rings. The molecule has 0 atom stereocenters. The van der Waals surface area contributed by atoms with Gasteiger partial charge in [0.1, 0.15) is 11.2 Å². The molecular weight excluding hydrogens is 747 g/mol. The van der Waals surface area contributed by atoms with E-state index in [1.165, 1.54) is 75.8 Å². The van der Waals surface area contributed by atoms with Gasteiger partial charge in [0.25, 0.3) is 0 Å². The minimum Gasteiger partial charge on any atom is -0.456 e. The third-order valence-electron chi connectivity index (χ3n) is 12.7. The van der Waals surface area contributed by atoms with Gasteiger partial charge in [0.15, 0.2) is 0 Å². The van der Waals surface area contributed by atoms with Crippen molar-refractivity contribution in [2.45, 2.75) is 19.3 Å². The fourth-order valence-electron chi connectivity index (χ4n) is 9.76. The summed E-state index contributed by atoms with van der Waals surface area (Å²) >= 11 is 1.87. The summed E-state index contributed by atoms with van der Waals surface area (Å²) in [5.41, 5.74) is 17.5. The van der Waals surface area contributed by atoms with Gasteiger partial charge in [-0.3, -0.25) is 0 Å². The Balaban J connectivity index is 1.03. The highest BCUT2D eigenvalue weighted by atomic mass is 32.1. The second kappa shape index (κ2) is 13.4. The number of rotatable bonds is 6. The van der Waals surface area contributed by atoms with Crippen molar-refractivity contribution in [3.63, 3.8) is 0 Å². The maximum atomic E-state index is 6.47. The number of thiophene rings is 1. The van der Waals surface area contributed by atoms with Gasteiger partial charge in [0.05, 0.1) is 0 Å². The summed E-state index contributed by atoms with van der Waals surface area (Å²) in [5.74, 6) is 0. The molecule has 9 aromatic carbocycles. The van der Waals surface area contributed by atoms with Crippen LogP contribution in [-0.4, -0.2) is 0 Å². The van der Waals surface area contributed by atoms with E-state index in [2.05, 4.69) is 207 Å². The lowest BCUT2D eigenvalue weighted by Gasteiger charge is -2.28. The Hall–Kier alpha value is -7.20. The molecule has 0 spiro atoms. The van der Waals surface area contributed by atoms with Crippen molar-refractivity contribution in [1.29, 1.82) is 0 Å². The van der Waals surface area contributed by atoms with Gasteiger partial charge in [0.2, 0.25) is 0 Å². The Bertz CT molecular complexity index is 3460. The van der Waals surface area contributed by atoms with Crippen molar-refractivity contribution < 1.29 is 4.42 Å². The van der Waals surface area contributed by atoms with E-state index in [1.54, 1.807) is 0 Å². The number of para-hydroxylation sites is 1. The Morgan fingerprint density at radius 1 is 0.400 bits per heavy atom. The standard InChI is InChI=1S/C57H39NOS/c1-57(2)49-20-9-6-17-44(49)45-29-27-41(34-50(45)57)58(42-28-30-47-46-18-7-10-21-51(46)59-52(47)35-42)40-25-23-37(24-26-40)43-31-32-54-56(48-19-8-11-22-53(48)60-54)55(43)39-16-12-15-38(33-39)36-13-4-3-5-14-36/h3-35H,1-2H3. The molecule has 3 heteroatoms. The van der Waals surface area contributed by atoms with E-state index in [9.17, 15) is 0 Å². The number of anilines is 3. The van der Waals surface area contributed by atoms with Crippen LogP contribution in [0.1, 0.15) is 25.0 Å². The lowest BCUT2D eigenvalue weighted by molar-refractivity contribution is 0.660. The first-order valence-corrected chi connectivity index (χ1v) is 21.5. The number of furan rings is 1. The van der Waals surface area contributed by atoms with Crippen molar-refractivity contribution >= 4 is 70.5 Å². The first-order chi connectivity index (χ1) is 29.5. The molecule has 0 saturated heterocycles. The molecule has 0 aliphatic heterocycles. The van der Waals surface area contributed by atoms with Crippen LogP contribution in [0.25, 0.3) is 86.6 Å². The zero-order valence-corrected chi connectivity index (χ0v) is 34.1. The SMILES string of the molecule is CC1(C)c2ccccc2-c2ccc(N(c3ccc(-c4ccc5sc6ccccc6c5c4-c4cccc(-c5ccccc5)c4)cc3)c3ccc4c(c3)oc3ccccc34)cc21. The maximum Gasteiger partial charge on any atom is 0.137 e. The van der Waals surface area contributed by atoms with Crippen LogP contribution in [0.2, 0.25) is 0 Å². The fourth-order valence-corrected chi connectivity index (χ4v) is 10.9. The summed E-state index contributed by atoms with van der Waals surface area (Å²) in [6, 6.07) is 73.2. The summed E-state index contributed by atoms with van der Waals surface area (Å²) in [7, 11) is 0. The second-order valence-corrected chi connectivity index (χ2v) is 17.6. The molecule has 1 aliphatic carbocycles. The van der Waals surface area contributed by atoms with E-state index in [0.29, 0.717) is 0 Å². The molecule has 0 N–H and O–H groups in total. The van der Waals surface area contributed by atoms with Gasteiger partial charge < -0.3 is 9.32 Å². The summed E-state index contributed by atoms with van der Waals surface area (Å²) in [5, 5.41) is 4.86.